The molecular weight excluding hydrogens is 384 g/mol. The molecule has 4 amide bonds. The second kappa shape index (κ2) is 9.73. The number of hydrogen-bond donors (Lipinski definition) is 1. The summed E-state index contributed by atoms with van der Waals surface area (Å²) in [5.41, 5.74) is 6.08. The van der Waals surface area contributed by atoms with Crippen molar-refractivity contribution in [2.75, 3.05) is 32.7 Å². The number of nitrogens with zero attached hydrogens (tertiary/aromatic N) is 3. The molecule has 2 N–H and O–H groups in total. The summed E-state index contributed by atoms with van der Waals surface area (Å²) in [6.45, 7) is 4.15. The maximum absolute atomic E-state index is 13.5. The lowest BCUT2D eigenvalue weighted by molar-refractivity contribution is -0.161. The number of piperidine rings is 1. The van der Waals surface area contributed by atoms with Crippen LogP contribution in [-0.4, -0.2) is 71.1 Å². The Bertz CT molecular complexity index is 790. The van der Waals surface area contributed by atoms with Crippen LogP contribution in [0.25, 0.3) is 0 Å². The van der Waals surface area contributed by atoms with Crippen molar-refractivity contribution in [3.63, 3.8) is 0 Å². The summed E-state index contributed by atoms with van der Waals surface area (Å²) in [6, 6.07) is 8.25. The predicted octanol–water partition coefficient (Wildman–Crippen LogP) is 0.923. The van der Waals surface area contributed by atoms with Crippen molar-refractivity contribution in [2.45, 2.75) is 38.6 Å². The molecule has 0 radical (unpaired) electrons. The van der Waals surface area contributed by atoms with Crippen LogP contribution in [0.2, 0.25) is 0 Å². The second-order valence-electron chi connectivity index (χ2n) is 7.96. The summed E-state index contributed by atoms with van der Waals surface area (Å²) in [5, 5.41) is 0. The monoisotopic (exact) mass is 414 g/mol. The van der Waals surface area contributed by atoms with Gasteiger partial charge in [0.1, 0.15) is 6.04 Å². The fourth-order valence-electron chi connectivity index (χ4n) is 4.15. The van der Waals surface area contributed by atoms with Crippen molar-refractivity contribution in [1.29, 1.82) is 0 Å². The highest BCUT2D eigenvalue weighted by Crippen LogP contribution is 2.28. The highest BCUT2D eigenvalue weighted by molar-refractivity contribution is 6.35. The smallest absolute Gasteiger partial charge is 0.313 e. The molecule has 2 heterocycles. The average molecular weight is 415 g/mol. The molecule has 3 rings (SSSR count). The Hall–Kier alpha value is -2.90. The van der Waals surface area contributed by atoms with E-state index in [-0.39, 0.29) is 17.7 Å². The van der Waals surface area contributed by atoms with E-state index in [0.717, 1.165) is 12.8 Å². The van der Waals surface area contributed by atoms with Gasteiger partial charge in [-0.15, -0.1) is 0 Å². The molecule has 1 atom stereocenters. The normalized spacial score (nSPS) is 19.2. The zero-order valence-electron chi connectivity index (χ0n) is 17.5. The minimum atomic E-state index is -0.846. The molecular formula is C22H30N4O4. The number of rotatable bonds is 7. The van der Waals surface area contributed by atoms with E-state index in [1.807, 2.05) is 25.1 Å². The summed E-state index contributed by atoms with van der Waals surface area (Å²) >= 11 is 0. The number of nitrogens with two attached hydrogens (primary N) is 1. The maximum atomic E-state index is 13.5. The van der Waals surface area contributed by atoms with Crippen LogP contribution in [0.15, 0.2) is 30.3 Å². The number of carbonyl (C=O) groups excluding carboxylic acids is 4. The standard InChI is InChI=1S/C22H30N4O4/c1-2-3-11-24-14-15-26(22(30)21(24)29)18(16-7-5-4-6-8-16)20(28)25-12-9-17(10-13-25)19(23)27/h4-8,17-18H,2-3,9-15H2,1H3,(H2,23,27). The number of carbonyl (C=O) groups is 4. The molecule has 1 aromatic carbocycles. The molecule has 1 aromatic rings. The molecule has 0 bridgehead atoms. The molecule has 0 saturated carbocycles. The van der Waals surface area contributed by atoms with Crippen LogP contribution in [0.4, 0.5) is 0 Å². The fraction of sp³-hybridized carbons (Fsp3) is 0.545. The van der Waals surface area contributed by atoms with Gasteiger partial charge in [0, 0.05) is 38.6 Å². The van der Waals surface area contributed by atoms with Gasteiger partial charge >= 0.3 is 11.8 Å². The summed E-state index contributed by atoms with van der Waals surface area (Å²) in [7, 11) is 0. The molecule has 30 heavy (non-hydrogen) atoms. The van der Waals surface area contributed by atoms with Gasteiger partial charge in [0.05, 0.1) is 0 Å². The maximum Gasteiger partial charge on any atom is 0.313 e. The molecule has 0 aliphatic carbocycles. The highest BCUT2D eigenvalue weighted by atomic mass is 16.2. The van der Waals surface area contributed by atoms with Crippen molar-refractivity contribution < 1.29 is 19.2 Å². The van der Waals surface area contributed by atoms with Crippen molar-refractivity contribution in [2.24, 2.45) is 11.7 Å². The van der Waals surface area contributed by atoms with Crippen molar-refractivity contribution in [3.8, 4) is 0 Å². The van der Waals surface area contributed by atoms with Gasteiger partial charge in [-0.3, -0.25) is 19.2 Å². The van der Waals surface area contributed by atoms with Crippen molar-refractivity contribution >= 4 is 23.6 Å². The molecule has 0 spiro atoms. The summed E-state index contributed by atoms with van der Waals surface area (Å²) in [6.07, 6.45) is 2.81. The lowest BCUT2D eigenvalue weighted by atomic mass is 9.94. The number of hydrogen-bond acceptors (Lipinski definition) is 4. The minimum Gasteiger partial charge on any atom is -0.369 e. The SMILES string of the molecule is CCCCN1CCN(C(C(=O)N2CCC(C(N)=O)CC2)c2ccccc2)C(=O)C1=O. The summed E-state index contributed by atoms with van der Waals surface area (Å²) in [4.78, 5) is 55.2. The quantitative estimate of drug-likeness (QED) is 0.670. The van der Waals surface area contributed by atoms with Crippen LogP contribution in [0.3, 0.4) is 0 Å². The van der Waals surface area contributed by atoms with Gasteiger partial charge in [-0.2, -0.15) is 0 Å². The van der Waals surface area contributed by atoms with Gasteiger partial charge in [0.2, 0.25) is 11.8 Å². The lowest BCUT2D eigenvalue weighted by Gasteiger charge is -2.40. The number of unbranched alkanes of at least 4 members (excludes halogenated alkanes) is 1. The lowest BCUT2D eigenvalue weighted by Crippen LogP contribution is -2.58. The highest BCUT2D eigenvalue weighted by Gasteiger charge is 2.41. The van der Waals surface area contributed by atoms with Crippen LogP contribution in [0, 0.1) is 5.92 Å². The third-order valence-electron chi connectivity index (χ3n) is 5.99. The van der Waals surface area contributed by atoms with Crippen molar-refractivity contribution in [1.82, 2.24) is 14.7 Å². The van der Waals surface area contributed by atoms with Gasteiger partial charge in [-0.05, 0) is 24.8 Å². The second-order valence-corrected chi connectivity index (χ2v) is 7.96. The van der Waals surface area contributed by atoms with Gasteiger partial charge < -0.3 is 20.4 Å². The number of piperazine rings is 1. The first-order chi connectivity index (χ1) is 14.4. The first-order valence-electron chi connectivity index (χ1n) is 10.7. The van der Waals surface area contributed by atoms with Crippen molar-refractivity contribution in [3.05, 3.63) is 35.9 Å². The molecule has 2 aliphatic rings. The number of benzene rings is 1. The third kappa shape index (κ3) is 4.63. The van der Waals surface area contributed by atoms with E-state index >= 15 is 0 Å². The molecule has 2 fully saturated rings. The minimum absolute atomic E-state index is 0.215. The first kappa shape index (κ1) is 21.8. The van der Waals surface area contributed by atoms with E-state index in [9.17, 15) is 19.2 Å². The van der Waals surface area contributed by atoms with E-state index < -0.39 is 17.9 Å². The van der Waals surface area contributed by atoms with Crippen LogP contribution < -0.4 is 5.73 Å². The Labute approximate surface area is 177 Å². The Kier molecular flexibility index (Phi) is 7.07. The molecule has 162 valence electrons. The zero-order chi connectivity index (χ0) is 21.7. The molecule has 2 saturated heterocycles. The Morgan fingerprint density at radius 2 is 1.70 bits per heavy atom. The predicted molar refractivity (Wildman–Crippen MR) is 111 cm³/mol. The number of amides is 4. The Morgan fingerprint density at radius 3 is 2.30 bits per heavy atom. The van der Waals surface area contributed by atoms with Gasteiger partial charge in [-0.1, -0.05) is 43.7 Å². The average Bonchev–Trinajstić information content (AvgIpc) is 2.77. The van der Waals surface area contributed by atoms with Crippen LogP contribution >= 0.6 is 0 Å². The Balaban J connectivity index is 1.80. The van der Waals surface area contributed by atoms with E-state index in [1.165, 1.54) is 4.90 Å². The summed E-state index contributed by atoms with van der Waals surface area (Å²) in [5.74, 6) is -1.96. The first-order valence-corrected chi connectivity index (χ1v) is 10.7. The third-order valence-corrected chi connectivity index (χ3v) is 5.99. The van der Waals surface area contributed by atoms with Crippen LogP contribution in [0.1, 0.15) is 44.2 Å². The topological polar surface area (TPSA) is 104 Å². The molecule has 2 aliphatic heterocycles. The van der Waals surface area contributed by atoms with E-state index in [2.05, 4.69) is 0 Å². The number of primary amides is 1. The number of likely N-dealkylation sites (tertiary alicyclic amines) is 1. The van der Waals surface area contributed by atoms with E-state index in [1.54, 1.807) is 21.9 Å². The van der Waals surface area contributed by atoms with E-state index in [4.69, 9.17) is 5.73 Å². The van der Waals surface area contributed by atoms with E-state index in [0.29, 0.717) is 51.1 Å². The Morgan fingerprint density at radius 1 is 1.03 bits per heavy atom. The molecule has 1 unspecified atom stereocenters. The molecule has 8 heteroatoms. The zero-order valence-corrected chi connectivity index (χ0v) is 17.5. The molecule has 8 nitrogen and oxygen atoms in total. The summed E-state index contributed by atoms with van der Waals surface area (Å²) < 4.78 is 0. The van der Waals surface area contributed by atoms with Gasteiger partial charge in [0.15, 0.2) is 0 Å². The van der Waals surface area contributed by atoms with Crippen LogP contribution in [-0.2, 0) is 19.2 Å². The fourth-order valence-corrected chi connectivity index (χ4v) is 4.15. The largest absolute Gasteiger partial charge is 0.369 e. The van der Waals surface area contributed by atoms with Crippen LogP contribution in [0.5, 0.6) is 0 Å². The van der Waals surface area contributed by atoms with Gasteiger partial charge in [0.25, 0.3) is 0 Å². The molecule has 0 aromatic heterocycles. The van der Waals surface area contributed by atoms with Gasteiger partial charge in [-0.25, -0.2) is 0 Å².